The largest absolute Gasteiger partial charge is 0.497 e. The normalized spacial score (nSPS) is 33.3. The highest BCUT2D eigenvalue weighted by Gasteiger charge is 2.47. The Morgan fingerprint density at radius 1 is 1.10 bits per heavy atom. The molecule has 1 unspecified atom stereocenters. The molecular formula is C17H25NO2. The van der Waals surface area contributed by atoms with Crippen molar-refractivity contribution in [3.8, 4) is 5.75 Å². The van der Waals surface area contributed by atoms with Gasteiger partial charge in [0.2, 0.25) is 0 Å². The minimum absolute atomic E-state index is 0.190. The van der Waals surface area contributed by atoms with Crippen LogP contribution in [0, 0.1) is 5.92 Å². The molecule has 2 aliphatic carbocycles. The van der Waals surface area contributed by atoms with Gasteiger partial charge in [-0.05, 0) is 55.9 Å². The predicted octanol–water partition coefficient (Wildman–Crippen LogP) is 3.58. The maximum atomic E-state index is 11.1. The van der Waals surface area contributed by atoms with E-state index in [4.69, 9.17) is 4.74 Å². The van der Waals surface area contributed by atoms with E-state index in [1.54, 1.807) is 7.11 Å². The van der Waals surface area contributed by atoms with Gasteiger partial charge in [0.25, 0.3) is 0 Å². The molecule has 1 aromatic rings. The van der Waals surface area contributed by atoms with Gasteiger partial charge in [-0.15, -0.1) is 0 Å². The van der Waals surface area contributed by atoms with Crippen LogP contribution in [0.1, 0.15) is 44.9 Å². The van der Waals surface area contributed by atoms with E-state index >= 15 is 0 Å². The van der Waals surface area contributed by atoms with Crippen molar-refractivity contribution in [3.05, 3.63) is 24.3 Å². The highest BCUT2D eigenvalue weighted by Crippen LogP contribution is 2.44. The monoisotopic (exact) mass is 275 g/mol. The Hall–Kier alpha value is -1.22. The van der Waals surface area contributed by atoms with Gasteiger partial charge in [0.1, 0.15) is 5.75 Å². The Balaban J connectivity index is 1.74. The van der Waals surface area contributed by atoms with Crippen LogP contribution in [-0.4, -0.2) is 23.9 Å². The first kappa shape index (κ1) is 13.7. The van der Waals surface area contributed by atoms with Crippen molar-refractivity contribution in [2.45, 2.75) is 56.6 Å². The molecular weight excluding hydrogens is 250 g/mol. The fourth-order valence-corrected chi connectivity index (χ4v) is 4.01. The van der Waals surface area contributed by atoms with Crippen LogP contribution < -0.4 is 10.1 Å². The highest BCUT2D eigenvalue weighted by atomic mass is 16.5. The molecule has 0 amide bonds. The number of aliphatic hydroxyl groups is 1. The topological polar surface area (TPSA) is 41.5 Å². The van der Waals surface area contributed by atoms with E-state index in [1.807, 2.05) is 24.3 Å². The van der Waals surface area contributed by atoms with Gasteiger partial charge in [-0.2, -0.15) is 0 Å². The smallest absolute Gasteiger partial charge is 0.119 e. The lowest BCUT2D eigenvalue weighted by molar-refractivity contribution is -0.0835. The molecule has 3 rings (SSSR count). The van der Waals surface area contributed by atoms with Crippen LogP contribution >= 0.6 is 0 Å². The van der Waals surface area contributed by atoms with Crippen LogP contribution in [-0.2, 0) is 0 Å². The van der Waals surface area contributed by atoms with Gasteiger partial charge >= 0.3 is 0 Å². The Labute approximate surface area is 121 Å². The summed E-state index contributed by atoms with van der Waals surface area (Å²) in [5.41, 5.74) is 0.576. The van der Waals surface area contributed by atoms with Crippen LogP contribution in [0.3, 0.4) is 0 Å². The molecule has 2 saturated carbocycles. The molecule has 0 radical (unpaired) electrons. The summed E-state index contributed by atoms with van der Waals surface area (Å²) in [6.45, 7) is 0. The Kier molecular flexibility index (Phi) is 3.88. The van der Waals surface area contributed by atoms with Crippen molar-refractivity contribution in [3.63, 3.8) is 0 Å². The molecule has 3 nitrogen and oxygen atoms in total. The fraction of sp³-hybridized carbons (Fsp3) is 0.647. The minimum Gasteiger partial charge on any atom is -0.497 e. The third-order valence-corrected chi connectivity index (χ3v) is 5.17. The second-order valence-corrected chi connectivity index (χ2v) is 6.29. The molecule has 110 valence electrons. The van der Waals surface area contributed by atoms with Gasteiger partial charge < -0.3 is 15.2 Å². The van der Waals surface area contributed by atoms with Crippen molar-refractivity contribution >= 4 is 5.69 Å². The number of ether oxygens (including phenoxy) is 1. The van der Waals surface area contributed by atoms with Crippen molar-refractivity contribution in [1.82, 2.24) is 0 Å². The van der Waals surface area contributed by atoms with E-state index in [0.29, 0.717) is 5.92 Å². The first-order valence-electron chi connectivity index (χ1n) is 7.85. The highest BCUT2D eigenvalue weighted by molar-refractivity contribution is 5.47. The summed E-state index contributed by atoms with van der Waals surface area (Å²) >= 11 is 0. The number of methoxy groups -OCH3 is 1. The number of fused-ring (bicyclic) bond motifs is 1. The average molecular weight is 275 g/mol. The lowest BCUT2D eigenvalue weighted by Gasteiger charge is -2.49. The number of hydrogen-bond donors (Lipinski definition) is 2. The number of rotatable bonds is 3. The Morgan fingerprint density at radius 2 is 1.85 bits per heavy atom. The molecule has 0 aliphatic heterocycles. The summed E-state index contributed by atoms with van der Waals surface area (Å²) in [5, 5.41) is 14.7. The molecule has 0 aromatic heterocycles. The van der Waals surface area contributed by atoms with E-state index in [-0.39, 0.29) is 6.04 Å². The Morgan fingerprint density at radius 3 is 2.60 bits per heavy atom. The van der Waals surface area contributed by atoms with E-state index in [1.165, 1.54) is 25.7 Å². The summed E-state index contributed by atoms with van der Waals surface area (Å²) in [6.07, 6.45) is 8.07. The zero-order valence-corrected chi connectivity index (χ0v) is 12.3. The Bertz CT molecular complexity index is 443. The van der Waals surface area contributed by atoms with E-state index < -0.39 is 5.60 Å². The molecule has 0 saturated heterocycles. The van der Waals surface area contributed by atoms with Crippen LogP contribution in [0.25, 0.3) is 0 Å². The van der Waals surface area contributed by atoms with Gasteiger partial charge in [0.05, 0.1) is 18.8 Å². The molecule has 0 heterocycles. The van der Waals surface area contributed by atoms with Crippen LogP contribution in [0.5, 0.6) is 5.75 Å². The molecule has 3 atom stereocenters. The molecule has 2 fully saturated rings. The third-order valence-electron chi connectivity index (χ3n) is 5.17. The van der Waals surface area contributed by atoms with Crippen molar-refractivity contribution < 1.29 is 9.84 Å². The molecule has 2 aliphatic rings. The molecule has 0 bridgehead atoms. The minimum atomic E-state index is -0.504. The quantitative estimate of drug-likeness (QED) is 0.886. The predicted molar refractivity (Wildman–Crippen MR) is 81.2 cm³/mol. The maximum Gasteiger partial charge on any atom is 0.119 e. The molecule has 3 heteroatoms. The van der Waals surface area contributed by atoms with Crippen LogP contribution in [0.15, 0.2) is 24.3 Å². The van der Waals surface area contributed by atoms with Crippen molar-refractivity contribution in [2.75, 3.05) is 12.4 Å². The van der Waals surface area contributed by atoms with Crippen LogP contribution in [0.2, 0.25) is 0 Å². The van der Waals surface area contributed by atoms with E-state index in [0.717, 1.165) is 30.7 Å². The van der Waals surface area contributed by atoms with Gasteiger partial charge in [-0.3, -0.25) is 0 Å². The summed E-state index contributed by atoms with van der Waals surface area (Å²) in [4.78, 5) is 0. The summed E-state index contributed by atoms with van der Waals surface area (Å²) in [6, 6.07) is 8.19. The lowest BCUT2D eigenvalue weighted by Crippen LogP contribution is -2.56. The van der Waals surface area contributed by atoms with Gasteiger partial charge in [-0.1, -0.05) is 19.3 Å². The van der Waals surface area contributed by atoms with Crippen molar-refractivity contribution in [2.24, 2.45) is 5.92 Å². The number of anilines is 1. The first-order valence-corrected chi connectivity index (χ1v) is 7.85. The molecule has 20 heavy (non-hydrogen) atoms. The first-order chi connectivity index (χ1) is 9.72. The SMILES string of the molecule is COc1ccc(NC2CCC[C@H]3CCCC[C@]23O)cc1. The van der Waals surface area contributed by atoms with Gasteiger partial charge in [0, 0.05) is 5.69 Å². The summed E-state index contributed by atoms with van der Waals surface area (Å²) in [7, 11) is 1.68. The standard InChI is InChI=1S/C17H25NO2/c1-20-15-10-8-14(9-11-15)18-16-7-4-6-13-5-2-3-12-17(13,16)19/h8-11,13,16,18-19H,2-7,12H2,1H3/t13-,16?,17-/m1/s1. The van der Waals surface area contributed by atoms with Gasteiger partial charge in [-0.25, -0.2) is 0 Å². The molecule has 1 aromatic carbocycles. The van der Waals surface area contributed by atoms with Gasteiger partial charge in [0.15, 0.2) is 0 Å². The fourth-order valence-electron chi connectivity index (χ4n) is 4.01. The second kappa shape index (κ2) is 5.65. The van der Waals surface area contributed by atoms with E-state index in [2.05, 4.69) is 5.32 Å². The average Bonchev–Trinajstić information content (AvgIpc) is 2.49. The number of nitrogens with one attached hydrogen (secondary N) is 1. The third kappa shape index (κ3) is 2.51. The van der Waals surface area contributed by atoms with Crippen molar-refractivity contribution in [1.29, 1.82) is 0 Å². The second-order valence-electron chi connectivity index (χ2n) is 6.29. The summed E-state index contributed by atoms with van der Waals surface area (Å²) < 4.78 is 5.19. The zero-order valence-electron chi connectivity index (χ0n) is 12.3. The van der Waals surface area contributed by atoms with E-state index in [9.17, 15) is 5.11 Å². The number of hydrogen-bond acceptors (Lipinski definition) is 3. The summed E-state index contributed by atoms with van der Waals surface area (Å²) in [5.74, 6) is 1.36. The van der Waals surface area contributed by atoms with Crippen LogP contribution in [0.4, 0.5) is 5.69 Å². The lowest BCUT2D eigenvalue weighted by atomic mass is 9.65. The maximum absolute atomic E-state index is 11.1. The molecule has 0 spiro atoms. The number of benzene rings is 1. The zero-order chi connectivity index (χ0) is 14.0. The molecule has 2 N–H and O–H groups in total.